The average Bonchev–Trinajstić information content (AvgIpc) is 2.03. The van der Waals surface area contributed by atoms with Crippen LogP contribution in [0.5, 0.6) is 0 Å². The van der Waals surface area contributed by atoms with E-state index in [0.717, 1.165) is 5.56 Å². The zero-order valence-electron chi connectivity index (χ0n) is 7.69. The van der Waals surface area contributed by atoms with Crippen LogP contribution in [0.4, 0.5) is 5.82 Å². The fraction of sp³-hybridized carbons (Fsp3) is 0.333. The molecule has 0 aromatic carbocycles. The van der Waals surface area contributed by atoms with Crippen LogP contribution in [0.25, 0.3) is 0 Å². The molecule has 0 saturated carbocycles. The van der Waals surface area contributed by atoms with E-state index in [1.807, 2.05) is 19.1 Å². The Kier molecular flexibility index (Phi) is 2.84. The lowest BCUT2D eigenvalue weighted by Crippen LogP contribution is -2.26. The van der Waals surface area contributed by atoms with Gasteiger partial charge in [0.15, 0.2) is 0 Å². The Morgan fingerprint density at radius 1 is 1.69 bits per heavy atom. The number of carbonyl (C=O) groups is 1. The predicted octanol–water partition coefficient (Wildman–Crippen LogP) is 0.911. The van der Waals surface area contributed by atoms with Crippen LogP contribution in [0.1, 0.15) is 5.56 Å². The van der Waals surface area contributed by atoms with E-state index in [4.69, 9.17) is 5.11 Å². The molecule has 0 unspecified atom stereocenters. The van der Waals surface area contributed by atoms with Gasteiger partial charge in [0, 0.05) is 13.2 Å². The summed E-state index contributed by atoms with van der Waals surface area (Å²) in [5.74, 6) is -0.141. The van der Waals surface area contributed by atoms with Gasteiger partial charge in [-0.2, -0.15) is 0 Å². The van der Waals surface area contributed by atoms with Crippen LogP contribution in [0.3, 0.4) is 0 Å². The number of aliphatic carboxylic acids is 1. The fourth-order valence-corrected chi connectivity index (χ4v) is 1.15. The molecule has 4 heteroatoms. The Labute approximate surface area is 76.8 Å². The van der Waals surface area contributed by atoms with Gasteiger partial charge >= 0.3 is 5.97 Å². The number of hydrogen-bond donors (Lipinski definition) is 1. The van der Waals surface area contributed by atoms with Crippen LogP contribution in [0.15, 0.2) is 18.3 Å². The highest BCUT2D eigenvalue weighted by Gasteiger charge is 2.08. The summed E-state index contributed by atoms with van der Waals surface area (Å²) in [6.07, 6.45) is 1.65. The number of anilines is 1. The third-order valence-corrected chi connectivity index (χ3v) is 1.72. The molecule has 0 atom stereocenters. The first kappa shape index (κ1) is 9.51. The number of hydrogen-bond acceptors (Lipinski definition) is 3. The van der Waals surface area contributed by atoms with Crippen molar-refractivity contribution < 1.29 is 9.90 Å². The van der Waals surface area contributed by atoms with Crippen molar-refractivity contribution in [2.45, 2.75) is 6.92 Å². The van der Waals surface area contributed by atoms with Gasteiger partial charge in [-0.15, -0.1) is 0 Å². The second-order valence-electron chi connectivity index (χ2n) is 2.89. The third-order valence-electron chi connectivity index (χ3n) is 1.72. The number of aryl methyl sites for hydroxylation is 1. The van der Waals surface area contributed by atoms with Gasteiger partial charge in [-0.3, -0.25) is 4.79 Å². The van der Waals surface area contributed by atoms with Gasteiger partial charge in [-0.05, 0) is 18.6 Å². The van der Waals surface area contributed by atoms with Crippen molar-refractivity contribution in [3.05, 3.63) is 23.9 Å². The zero-order chi connectivity index (χ0) is 9.84. The second-order valence-corrected chi connectivity index (χ2v) is 2.89. The lowest BCUT2D eigenvalue weighted by atomic mass is 10.3. The Morgan fingerprint density at radius 3 is 2.92 bits per heavy atom. The quantitative estimate of drug-likeness (QED) is 0.751. The molecule has 0 aliphatic rings. The summed E-state index contributed by atoms with van der Waals surface area (Å²) in [5.41, 5.74) is 0.978. The van der Waals surface area contributed by atoms with E-state index in [0.29, 0.717) is 5.82 Å². The molecule has 13 heavy (non-hydrogen) atoms. The van der Waals surface area contributed by atoms with Gasteiger partial charge in [0.2, 0.25) is 0 Å². The molecule has 1 aromatic heterocycles. The molecule has 0 saturated heterocycles. The smallest absolute Gasteiger partial charge is 0.323 e. The van der Waals surface area contributed by atoms with Gasteiger partial charge in [0.25, 0.3) is 0 Å². The molecular formula is C9H12N2O2. The first-order valence-corrected chi connectivity index (χ1v) is 3.96. The maximum Gasteiger partial charge on any atom is 0.323 e. The van der Waals surface area contributed by atoms with Crippen LogP contribution >= 0.6 is 0 Å². The molecule has 0 fully saturated rings. The van der Waals surface area contributed by atoms with Crippen molar-refractivity contribution in [3.63, 3.8) is 0 Å². The summed E-state index contributed by atoms with van der Waals surface area (Å²) < 4.78 is 0. The predicted molar refractivity (Wildman–Crippen MR) is 49.9 cm³/mol. The molecule has 0 bridgehead atoms. The molecule has 1 aromatic rings. The molecule has 4 nitrogen and oxygen atoms in total. The van der Waals surface area contributed by atoms with E-state index in [-0.39, 0.29) is 6.54 Å². The number of rotatable bonds is 3. The van der Waals surface area contributed by atoms with Gasteiger partial charge < -0.3 is 10.0 Å². The average molecular weight is 180 g/mol. The van der Waals surface area contributed by atoms with E-state index in [1.54, 1.807) is 18.1 Å². The molecular weight excluding hydrogens is 168 g/mol. The van der Waals surface area contributed by atoms with Gasteiger partial charge in [-0.1, -0.05) is 6.07 Å². The number of aromatic nitrogens is 1. The normalized spacial score (nSPS) is 9.69. The standard InChI is InChI=1S/C9H12N2O2/c1-7-4-3-5-10-9(7)11(2)6-8(12)13/h3-5H,6H2,1-2H3,(H,12,13). The minimum absolute atomic E-state index is 0.0299. The fourth-order valence-electron chi connectivity index (χ4n) is 1.15. The lowest BCUT2D eigenvalue weighted by Gasteiger charge is -2.16. The van der Waals surface area contributed by atoms with Crippen molar-refractivity contribution in [1.82, 2.24) is 4.98 Å². The third kappa shape index (κ3) is 2.43. The topological polar surface area (TPSA) is 53.4 Å². The van der Waals surface area contributed by atoms with Crippen molar-refractivity contribution >= 4 is 11.8 Å². The highest BCUT2D eigenvalue weighted by molar-refractivity contribution is 5.73. The van der Waals surface area contributed by atoms with E-state index in [9.17, 15) is 4.79 Å². The molecule has 1 N–H and O–H groups in total. The summed E-state index contributed by atoms with van der Waals surface area (Å²) in [7, 11) is 1.71. The number of nitrogens with zero attached hydrogens (tertiary/aromatic N) is 2. The molecule has 70 valence electrons. The van der Waals surface area contributed by atoms with E-state index in [1.165, 1.54) is 0 Å². The number of pyridine rings is 1. The highest BCUT2D eigenvalue weighted by Crippen LogP contribution is 2.13. The lowest BCUT2D eigenvalue weighted by molar-refractivity contribution is -0.135. The van der Waals surface area contributed by atoms with Crippen molar-refractivity contribution in [1.29, 1.82) is 0 Å². The van der Waals surface area contributed by atoms with Gasteiger partial charge in [0.05, 0.1) is 0 Å². The number of carboxylic acid groups (broad SMARTS) is 1. The van der Waals surface area contributed by atoms with E-state index < -0.39 is 5.97 Å². The minimum Gasteiger partial charge on any atom is -0.480 e. The van der Waals surface area contributed by atoms with Crippen LogP contribution < -0.4 is 4.90 Å². The minimum atomic E-state index is -0.854. The monoisotopic (exact) mass is 180 g/mol. The van der Waals surface area contributed by atoms with Crippen LogP contribution in [0, 0.1) is 6.92 Å². The van der Waals surface area contributed by atoms with Crippen LogP contribution in [-0.2, 0) is 4.79 Å². The largest absolute Gasteiger partial charge is 0.480 e. The zero-order valence-corrected chi connectivity index (χ0v) is 7.69. The summed E-state index contributed by atoms with van der Waals surface area (Å²) in [4.78, 5) is 16.1. The van der Waals surface area contributed by atoms with Gasteiger partial charge in [-0.25, -0.2) is 4.98 Å². The van der Waals surface area contributed by atoms with E-state index >= 15 is 0 Å². The first-order chi connectivity index (χ1) is 6.11. The summed E-state index contributed by atoms with van der Waals surface area (Å²) >= 11 is 0. The maximum atomic E-state index is 10.4. The summed E-state index contributed by atoms with van der Waals surface area (Å²) in [6, 6.07) is 3.73. The second kappa shape index (κ2) is 3.89. The molecule has 0 amide bonds. The number of carboxylic acids is 1. The van der Waals surface area contributed by atoms with Crippen molar-refractivity contribution in [2.24, 2.45) is 0 Å². The molecule has 0 aliphatic carbocycles. The molecule has 0 spiro atoms. The van der Waals surface area contributed by atoms with E-state index in [2.05, 4.69) is 4.98 Å². The first-order valence-electron chi connectivity index (χ1n) is 3.96. The van der Waals surface area contributed by atoms with Crippen molar-refractivity contribution in [3.8, 4) is 0 Å². The SMILES string of the molecule is Cc1cccnc1N(C)CC(=O)O. The maximum absolute atomic E-state index is 10.4. The molecule has 0 aliphatic heterocycles. The molecule has 1 rings (SSSR count). The summed E-state index contributed by atoms with van der Waals surface area (Å²) in [6.45, 7) is 1.87. The Morgan fingerprint density at radius 2 is 2.38 bits per heavy atom. The van der Waals surface area contributed by atoms with Crippen LogP contribution in [0.2, 0.25) is 0 Å². The highest BCUT2D eigenvalue weighted by atomic mass is 16.4. The van der Waals surface area contributed by atoms with Gasteiger partial charge in [0.1, 0.15) is 12.4 Å². The molecule has 0 radical (unpaired) electrons. The Balaban J connectivity index is 2.82. The number of likely N-dealkylation sites (N-methyl/N-ethyl adjacent to an activating group) is 1. The summed E-state index contributed by atoms with van der Waals surface area (Å²) in [5, 5.41) is 8.57. The molecule has 1 heterocycles. The Bertz CT molecular complexity index is 312. The Hall–Kier alpha value is -1.58. The van der Waals surface area contributed by atoms with Crippen LogP contribution in [-0.4, -0.2) is 29.7 Å². The van der Waals surface area contributed by atoms with Crippen molar-refractivity contribution in [2.75, 3.05) is 18.5 Å².